The highest BCUT2D eigenvalue weighted by molar-refractivity contribution is 6.15. The van der Waals surface area contributed by atoms with Gasteiger partial charge in [0.25, 0.3) is 11.8 Å². The molecule has 4 rings (SSSR count). The van der Waals surface area contributed by atoms with Crippen molar-refractivity contribution in [1.82, 2.24) is 20.4 Å². The summed E-state index contributed by atoms with van der Waals surface area (Å²) in [6.07, 6.45) is -2.48. The van der Waals surface area contributed by atoms with E-state index < -0.39 is 95.8 Å². The van der Waals surface area contributed by atoms with Crippen molar-refractivity contribution in [2.75, 3.05) is 59.8 Å². The lowest BCUT2D eigenvalue weighted by atomic mass is 9.89. The zero-order valence-corrected chi connectivity index (χ0v) is 40.2. The van der Waals surface area contributed by atoms with Gasteiger partial charge < -0.3 is 54.5 Å². The molecule has 5 amide bonds. The molecule has 0 aromatic heterocycles. The lowest BCUT2D eigenvalue weighted by Gasteiger charge is -2.35. The molecule has 1 aromatic carbocycles. The van der Waals surface area contributed by atoms with Gasteiger partial charge in [0.15, 0.2) is 11.6 Å². The molecular formula is C48H70N4O16. The number of benzene rings is 1. The highest BCUT2D eigenvalue weighted by Gasteiger charge is 2.47. The molecule has 1 aromatic rings. The van der Waals surface area contributed by atoms with Gasteiger partial charge in [-0.2, -0.15) is 0 Å². The highest BCUT2D eigenvalue weighted by atomic mass is 16.5. The van der Waals surface area contributed by atoms with Crippen LogP contribution in [0.2, 0.25) is 0 Å². The number of methoxy groups -OCH3 is 1. The van der Waals surface area contributed by atoms with E-state index in [1.165, 1.54) is 11.8 Å². The van der Waals surface area contributed by atoms with E-state index in [2.05, 4.69) is 10.6 Å². The summed E-state index contributed by atoms with van der Waals surface area (Å²) < 4.78 is 26.9. The van der Waals surface area contributed by atoms with Crippen LogP contribution in [-0.2, 0) is 81.5 Å². The van der Waals surface area contributed by atoms with Crippen LogP contribution in [0.4, 0.5) is 0 Å². The van der Waals surface area contributed by atoms with E-state index in [1.807, 2.05) is 0 Å². The third-order valence-electron chi connectivity index (χ3n) is 12.2. The number of Topliss-reactive ketones (excluding diaryl/α,β-unsaturated/α-hetero) is 2. The third kappa shape index (κ3) is 16.1. The van der Waals surface area contributed by atoms with E-state index in [-0.39, 0.29) is 82.7 Å². The number of likely N-dealkylation sites (tertiary alicyclic amines) is 1. The van der Waals surface area contributed by atoms with Crippen molar-refractivity contribution in [3.8, 4) is 0 Å². The van der Waals surface area contributed by atoms with Gasteiger partial charge in [-0.3, -0.25) is 43.3 Å². The molecule has 20 nitrogen and oxygen atoms in total. The SMILES string of the molecule is COCCOCCOCCC(=O)NC[C@@H]1C[C@@H](N2C(=O)C=CC2=O)C(=O)N1CC(=O)C[C@H](C(=O)N[C@@H](C)C(=O)Cc1ccc(COC(=O)C(C)(C)C)c(CC[C@@H]2OC[C@@H](O)[C@H](O)[C@H]2O)c1)C(C)C. The van der Waals surface area contributed by atoms with Crippen LogP contribution >= 0.6 is 0 Å². The smallest absolute Gasteiger partial charge is 0.311 e. The Balaban J connectivity index is 1.38. The fraction of sp³-hybridized carbons (Fsp3) is 0.667. The number of carbonyl (C=O) groups excluding carboxylic acids is 8. The molecule has 5 N–H and O–H groups in total. The first-order valence-electron chi connectivity index (χ1n) is 23.2. The molecule has 0 aliphatic carbocycles. The van der Waals surface area contributed by atoms with Gasteiger partial charge in [-0.05, 0) is 69.6 Å². The number of aliphatic hydroxyl groups excluding tert-OH is 3. The molecule has 3 aliphatic rings. The fourth-order valence-corrected chi connectivity index (χ4v) is 7.97. The highest BCUT2D eigenvalue weighted by Crippen LogP contribution is 2.28. The topological polar surface area (TPSA) is 274 Å². The van der Waals surface area contributed by atoms with Crippen molar-refractivity contribution >= 4 is 47.1 Å². The number of hydrogen-bond acceptors (Lipinski definition) is 16. The van der Waals surface area contributed by atoms with Gasteiger partial charge in [0.05, 0.1) is 69.8 Å². The number of ether oxygens (including phenoxy) is 5. The monoisotopic (exact) mass is 958 g/mol. The predicted molar refractivity (Wildman–Crippen MR) is 242 cm³/mol. The Kier molecular flexibility index (Phi) is 21.4. The van der Waals surface area contributed by atoms with Gasteiger partial charge in [-0.1, -0.05) is 32.0 Å². The van der Waals surface area contributed by atoms with E-state index in [4.69, 9.17) is 23.7 Å². The van der Waals surface area contributed by atoms with Gasteiger partial charge in [0.1, 0.15) is 31.0 Å². The lowest BCUT2D eigenvalue weighted by molar-refractivity contribution is -0.188. The van der Waals surface area contributed by atoms with Gasteiger partial charge in [-0.25, -0.2) is 0 Å². The van der Waals surface area contributed by atoms with Gasteiger partial charge in [-0.15, -0.1) is 0 Å². The van der Waals surface area contributed by atoms with Crippen molar-refractivity contribution in [3.05, 3.63) is 47.0 Å². The second-order valence-corrected chi connectivity index (χ2v) is 18.9. The minimum atomic E-state index is -1.38. The summed E-state index contributed by atoms with van der Waals surface area (Å²) in [5.41, 5.74) is 1.20. The van der Waals surface area contributed by atoms with Crippen LogP contribution in [0.15, 0.2) is 30.4 Å². The Labute approximate surface area is 397 Å². The molecule has 20 heteroatoms. The van der Waals surface area contributed by atoms with E-state index >= 15 is 0 Å². The Morgan fingerprint density at radius 2 is 1.56 bits per heavy atom. The molecule has 3 heterocycles. The molecule has 2 saturated heterocycles. The number of amides is 5. The van der Waals surface area contributed by atoms with Crippen molar-refractivity contribution < 1.29 is 77.4 Å². The quantitative estimate of drug-likeness (QED) is 0.0445. The van der Waals surface area contributed by atoms with Crippen LogP contribution in [0, 0.1) is 17.3 Å². The summed E-state index contributed by atoms with van der Waals surface area (Å²) in [5, 5.41) is 36.1. The number of ketones is 2. The fourth-order valence-electron chi connectivity index (χ4n) is 7.97. The number of aliphatic hydroxyl groups is 3. The maximum atomic E-state index is 13.8. The molecule has 0 radical (unpaired) electrons. The Morgan fingerprint density at radius 3 is 2.21 bits per heavy atom. The number of rotatable bonds is 27. The first kappa shape index (κ1) is 55.6. The zero-order valence-electron chi connectivity index (χ0n) is 40.2. The van der Waals surface area contributed by atoms with Crippen LogP contribution in [-0.4, -0.2) is 175 Å². The Hall–Kier alpha value is -4.96. The number of imide groups is 1. The summed E-state index contributed by atoms with van der Waals surface area (Å²) in [7, 11) is 1.56. The maximum Gasteiger partial charge on any atom is 0.311 e. The van der Waals surface area contributed by atoms with Crippen LogP contribution in [0.1, 0.15) is 83.9 Å². The van der Waals surface area contributed by atoms with E-state index in [0.29, 0.717) is 42.9 Å². The average molecular weight is 959 g/mol. The minimum Gasteiger partial charge on any atom is -0.460 e. The van der Waals surface area contributed by atoms with Crippen molar-refractivity contribution in [2.45, 2.75) is 129 Å². The molecule has 0 unspecified atom stereocenters. The first-order chi connectivity index (χ1) is 32.1. The van der Waals surface area contributed by atoms with Gasteiger partial charge in [0.2, 0.25) is 17.7 Å². The number of hydrogen-bond donors (Lipinski definition) is 5. The predicted octanol–water partition coefficient (Wildman–Crippen LogP) is 0.118. The number of carbonyl (C=O) groups is 8. The minimum absolute atomic E-state index is 0.00541. The number of esters is 1. The normalized spacial score (nSPS) is 22.7. The molecule has 8 atom stereocenters. The second kappa shape index (κ2) is 26.1. The van der Waals surface area contributed by atoms with Crippen LogP contribution in [0.5, 0.6) is 0 Å². The molecule has 3 aliphatic heterocycles. The van der Waals surface area contributed by atoms with Crippen LogP contribution < -0.4 is 10.6 Å². The van der Waals surface area contributed by atoms with E-state index in [9.17, 15) is 53.7 Å². The average Bonchev–Trinajstić information content (AvgIpc) is 3.77. The summed E-state index contributed by atoms with van der Waals surface area (Å²) in [4.78, 5) is 107. The van der Waals surface area contributed by atoms with Crippen molar-refractivity contribution in [1.29, 1.82) is 0 Å². The maximum absolute atomic E-state index is 13.8. The molecule has 2 fully saturated rings. The summed E-state index contributed by atoms with van der Waals surface area (Å²) in [5.74, 6) is -5.44. The van der Waals surface area contributed by atoms with E-state index in [0.717, 1.165) is 17.1 Å². The van der Waals surface area contributed by atoms with Crippen molar-refractivity contribution in [3.63, 3.8) is 0 Å². The second-order valence-electron chi connectivity index (χ2n) is 18.9. The lowest BCUT2D eigenvalue weighted by Crippen LogP contribution is -2.52. The van der Waals surface area contributed by atoms with Crippen LogP contribution in [0.25, 0.3) is 0 Å². The first-order valence-corrected chi connectivity index (χ1v) is 23.2. The molecule has 68 heavy (non-hydrogen) atoms. The molecule has 0 spiro atoms. The van der Waals surface area contributed by atoms with Gasteiger partial charge in [0, 0.05) is 51.0 Å². The number of nitrogens with one attached hydrogen (secondary N) is 2. The molecular weight excluding hydrogens is 889 g/mol. The summed E-state index contributed by atoms with van der Waals surface area (Å²) >= 11 is 0. The van der Waals surface area contributed by atoms with E-state index in [1.54, 1.807) is 59.9 Å². The van der Waals surface area contributed by atoms with Crippen LogP contribution in [0.3, 0.4) is 0 Å². The Morgan fingerprint density at radius 1 is 0.897 bits per heavy atom. The largest absolute Gasteiger partial charge is 0.460 e. The zero-order chi connectivity index (χ0) is 50.3. The van der Waals surface area contributed by atoms with Gasteiger partial charge >= 0.3 is 5.97 Å². The molecule has 0 saturated carbocycles. The standard InChI is InChI=1S/C48H70N4O16/c1-28(2)35(23-34(53)25-51-33(22-36(46(51)62)52-41(57)12-13-42(52)58)24-49-40(56)14-15-65-18-19-66-17-16-64-7)45(61)50-29(3)37(54)21-30-8-9-32(26-68-47(63)48(4,5)6)31(20-30)10-11-39-44(60)43(59)38(55)27-67-39/h8-9,12-13,20,28-29,33,35-36,38-39,43-44,55,59-60H,10-11,14-19,21-27H2,1-7H3,(H,49,56)(H,50,61)/t29-,33-,35-,36+,38+,39-,43-,44-/m0/s1. The summed E-state index contributed by atoms with van der Waals surface area (Å²) in [6, 6.07) is 2.28. The number of aryl methyl sites for hydroxylation is 1. The third-order valence-corrected chi connectivity index (χ3v) is 12.2. The number of nitrogens with zero attached hydrogens (tertiary/aromatic N) is 2. The molecule has 0 bridgehead atoms. The summed E-state index contributed by atoms with van der Waals surface area (Å²) in [6.45, 7) is 11.0. The Bertz CT molecular complexity index is 1970. The molecule has 378 valence electrons. The van der Waals surface area contributed by atoms with Crippen molar-refractivity contribution in [2.24, 2.45) is 17.3 Å².